The van der Waals surface area contributed by atoms with Gasteiger partial charge in [0.1, 0.15) is 12.4 Å². The number of carbonyl (C=O) groups is 2. The highest BCUT2D eigenvalue weighted by molar-refractivity contribution is 9.10. The van der Waals surface area contributed by atoms with Crippen LogP contribution in [0.5, 0.6) is 0 Å². The van der Waals surface area contributed by atoms with Gasteiger partial charge in [-0.1, -0.05) is 24.3 Å². The quantitative estimate of drug-likeness (QED) is 0.573. The van der Waals surface area contributed by atoms with E-state index in [-0.39, 0.29) is 11.6 Å². The molecule has 0 N–H and O–H groups in total. The number of ketones is 1. The fourth-order valence-corrected chi connectivity index (χ4v) is 2.74. The van der Waals surface area contributed by atoms with E-state index >= 15 is 0 Å². The van der Waals surface area contributed by atoms with E-state index in [1.54, 1.807) is 42.5 Å². The third-order valence-electron chi connectivity index (χ3n) is 3.57. The summed E-state index contributed by atoms with van der Waals surface area (Å²) < 4.78 is 18.4. The summed E-state index contributed by atoms with van der Waals surface area (Å²) in [7, 11) is 0. The summed E-state index contributed by atoms with van der Waals surface area (Å²) in [6.07, 6.45) is 2.62. The van der Waals surface area contributed by atoms with Gasteiger partial charge in [0.15, 0.2) is 5.78 Å². The van der Waals surface area contributed by atoms with Crippen LogP contribution in [-0.4, -0.2) is 25.0 Å². The van der Waals surface area contributed by atoms with Gasteiger partial charge in [0, 0.05) is 11.3 Å². The molecule has 2 aromatic rings. The van der Waals surface area contributed by atoms with Crippen LogP contribution in [-0.2, 0) is 4.74 Å². The average Bonchev–Trinajstić information content (AvgIpc) is 3.02. The Hall–Kier alpha value is -2.47. The van der Waals surface area contributed by atoms with Crippen molar-refractivity contribution < 1.29 is 18.7 Å². The van der Waals surface area contributed by atoms with E-state index in [1.165, 1.54) is 17.0 Å². The van der Waals surface area contributed by atoms with Gasteiger partial charge in [0.25, 0.3) is 0 Å². The second-order valence-corrected chi connectivity index (χ2v) is 6.04. The molecule has 0 saturated carbocycles. The summed E-state index contributed by atoms with van der Waals surface area (Å²) in [6.45, 7) is 0.812. The van der Waals surface area contributed by atoms with Gasteiger partial charge in [-0.05, 0) is 51.8 Å². The molecule has 1 saturated heterocycles. The van der Waals surface area contributed by atoms with Crippen molar-refractivity contribution >= 4 is 39.6 Å². The first-order valence-corrected chi connectivity index (χ1v) is 8.06. The number of carbonyl (C=O) groups excluding carboxylic acids is 2. The number of hydrogen-bond donors (Lipinski definition) is 0. The molecule has 1 amide bonds. The number of ether oxygens (including phenoxy) is 1. The highest BCUT2D eigenvalue weighted by Crippen LogP contribution is 2.21. The Labute approximate surface area is 146 Å². The topological polar surface area (TPSA) is 46.6 Å². The Morgan fingerprint density at radius 1 is 1.25 bits per heavy atom. The van der Waals surface area contributed by atoms with Crippen LogP contribution in [0.1, 0.15) is 15.9 Å². The molecule has 0 spiro atoms. The molecular weight excluding hydrogens is 377 g/mol. The number of nitrogens with zero attached hydrogens (tertiary/aromatic N) is 1. The Morgan fingerprint density at radius 2 is 2.08 bits per heavy atom. The van der Waals surface area contributed by atoms with Crippen molar-refractivity contribution in [3.8, 4) is 0 Å². The molecule has 122 valence electrons. The van der Waals surface area contributed by atoms with Crippen molar-refractivity contribution in [3.05, 3.63) is 70.0 Å². The van der Waals surface area contributed by atoms with E-state index in [0.717, 1.165) is 0 Å². The molecule has 1 aliphatic heterocycles. The minimum Gasteiger partial charge on any atom is -0.447 e. The zero-order chi connectivity index (χ0) is 17.1. The van der Waals surface area contributed by atoms with Crippen molar-refractivity contribution in [1.82, 2.24) is 0 Å². The molecule has 0 unspecified atom stereocenters. The normalized spacial score (nSPS) is 14.2. The molecule has 0 atom stereocenters. The summed E-state index contributed by atoms with van der Waals surface area (Å²) in [5, 5.41) is 0. The smallest absolute Gasteiger partial charge is 0.414 e. The summed E-state index contributed by atoms with van der Waals surface area (Å²) in [6, 6.07) is 11.3. The Balaban J connectivity index is 1.78. The maximum Gasteiger partial charge on any atom is 0.414 e. The van der Waals surface area contributed by atoms with E-state index in [1.807, 2.05) is 0 Å². The molecule has 3 rings (SSSR count). The second-order valence-electron chi connectivity index (χ2n) is 5.19. The highest BCUT2D eigenvalue weighted by Gasteiger charge is 2.23. The van der Waals surface area contributed by atoms with Gasteiger partial charge in [0.2, 0.25) is 0 Å². The van der Waals surface area contributed by atoms with Crippen LogP contribution in [0.15, 0.2) is 53.0 Å². The lowest BCUT2D eigenvalue weighted by Crippen LogP contribution is -2.23. The lowest BCUT2D eigenvalue weighted by atomic mass is 10.1. The zero-order valence-corrected chi connectivity index (χ0v) is 14.1. The fourth-order valence-electron chi connectivity index (χ4n) is 2.34. The van der Waals surface area contributed by atoms with Gasteiger partial charge in [-0.3, -0.25) is 9.69 Å². The van der Waals surface area contributed by atoms with Gasteiger partial charge in [-0.2, -0.15) is 0 Å². The summed E-state index contributed by atoms with van der Waals surface area (Å²) >= 11 is 3.11. The van der Waals surface area contributed by atoms with Gasteiger partial charge in [0.05, 0.1) is 11.0 Å². The predicted molar refractivity (Wildman–Crippen MR) is 92.6 cm³/mol. The maximum absolute atomic E-state index is 13.2. The highest BCUT2D eigenvalue weighted by atomic mass is 79.9. The lowest BCUT2D eigenvalue weighted by Gasteiger charge is -2.13. The van der Waals surface area contributed by atoms with Gasteiger partial charge >= 0.3 is 6.09 Å². The summed E-state index contributed by atoms with van der Waals surface area (Å²) in [4.78, 5) is 25.4. The zero-order valence-electron chi connectivity index (χ0n) is 12.5. The monoisotopic (exact) mass is 389 g/mol. The largest absolute Gasteiger partial charge is 0.447 e. The van der Waals surface area contributed by atoms with E-state index in [0.29, 0.717) is 34.4 Å². The van der Waals surface area contributed by atoms with Gasteiger partial charge in [-0.25, -0.2) is 9.18 Å². The third-order valence-corrected chi connectivity index (χ3v) is 4.18. The number of cyclic esters (lactones) is 1. The van der Waals surface area contributed by atoms with Crippen molar-refractivity contribution in [2.75, 3.05) is 18.1 Å². The van der Waals surface area contributed by atoms with E-state index in [2.05, 4.69) is 15.9 Å². The molecule has 1 heterocycles. The lowest BCUT2D eigenvalue weighted by molar-refractivity contribution is 0.104. The molecule has 0 aliphatic carbocycles. The summed E-state index contributed by atoms with van der Waals surface area (Å²) in [5.41, 5.74) is 1.79. The Morgan fingerprint density at radius 3 is 2.79 bits per heavy atom. The van der Waals surface area contributed by atoms with Gasteiger partial charge in [-0.15, -0.1) is 0 Å². The molecule has 6 heteroatoms. The minimum atomic E-state index is -0.411. The number of rotatable bonds is 4. The van der Waals surface area contributed by atoms with Crippen LogP contribution in [0.4, 0.5) is 14.9 Å². The minimum absolute atomic E-state index is 0.204. The first-order valence-electron chi connectivity index (χ1n) is 7.26. The maximum atomic E-state index is 13.2. The van der Waals surface area contributed by atoms with Crippen LogP contribution in [0.25, 0.3) is 6.08 Å². The van der Waals surface area contributed by atoms with Crippen LogP contribution in [0.2, 0.25) is 0 Å². The molecule has 0 aromatic heterocycles. The van der Waals surface area contributed by atoms with Crippen molar-refractivity contribution in [3.63, 3.8) is 0 Å². The number of allylic oxidation sites excluding steroid dienone is 1. The third kappa shape index (κ3) is 3.54. The molecule has 24 heavy (non-hydrogen) atoms. The summed E-state index contributed by atoms with van der Waals surface area (Å²) in [5.74, 6) is -0.562. The van der Waals surface area contributed by atoms with Crippen molar-refractivity contribution in [2.45, 2.75) is 0 Å². The molecular formula is C18H13BrFNO3. The van der Waals surface area contributed by atoms with Crippen LogP contribution >= 0.6 is 15.9 Å². The van der Waals surface area contributed by atoms with Crippen molar-refractivity contribution in [1.29, 1.82) is 0 Å². The van der Waals surface area contributed by atoms with Gasteiger partial charge < -0.3 is 4.74 Å². The number of amides is 1. The Bertz CT molecular complexity index is 835. The predicted octanol–water partition coefficient (Wildman–Crippen LogP) is 4.44. The Kier molecular flexibility index (Phi) is 4.76. The van der Waals surface area contributed by atoms with Crippen molar-refractivity contribution in [2.24, 2.45) is 0 Å². The van der Waals surface area contributed by atoms with E-state index < -0.39 is 6.09 Å². The van der Waals surface area contributed by atoms with Crippen LogP contribution in [0.3, 0.4) is 0 Å². The molecule has 0 radical (unpaired) electrons. The molecule has 4 nitrogen and oxygen atoms in total. The first kappa shape index (κ1) is 16.4. The average molecular weight is 390 g/mol. The standard InChI is InChI=1S/C18H13BrFNO3/c19-15-10-12(4-6-16(15)20)5-7-17(22)13-2-1-3-14(11-13)21-8-9-24-18(21)23/h1-7,10-11H,8-9H2. The number of hydrogen-bond acceptors (Lipinski definition) is 3. The first-order chi connectivity index (χ1) is 11.5. The van der Waals surface area contributed by atoms with E-state index in [4.69, 9.17) is 4.74 Å². The number of anilines is 1. The molecule has 0 bridgehead atoms. The number of benzene rings is 2. The molecule has 2 aromatic carbocycles. The molecule has 1 aliphatic rings. The van der Waals surface area contributed by atoms with Crippen LogP contribution in [0, 0.1) is 5.82 Å². The number of halogens is 2. The molecule has 1 fully saturated rings. The van der Waals surface area contributed by atoms with Crippen LogP contribution < -0.4 is 4.90 Å². The SMILES string of the molecule is O=C(C=Cc1ccc(F)c(Br)c1)c1cccc(N2CCOC2=O)c1. The fraction of sp³-hybridized carbons (Fsp3) is 0.111. The second kappa shape index (κ2) is 6.97. The van der Waals surface area contributed by atoms with E-state index in [9.17, 15) is 14.0 Å².